The number of carbonyl (C=O) groups is 1. The number of carbonyl (C=O) groups excluding carboxylic acids is 1. The predicted molar refractivity (Wildman–Crippen MR) is 90.7 cm³/mol. The molecular weight excluding hydrogens is 348 g/mol. The molecule has 2 aliphatic rings. The number of ether oxygens (including phenoxy) is 4. The molecule has 1 amide bonds. The summed E-state index contributed by atoms with van der Waals surface area (Å²) in [6.45, 7) is 2.87. The Kier molecular flexibility index (Phi) is 4.28. The Hall–Kier alpha value is -2.59. The largest absolute Gasteiger partial charge is 0.493 e. The van der Waals surface area contributed by atoms with Crippen LogP contribution in [0.2, 0.25) is 0 Å². The first-order valence-electron chi connectivity index (χ1n) is 7.68. The van der Waals surface area contributed by atoms with E-state index in [1.54, 1.807) is 13.3 Å². The van der Waals surface area contributed by atoms with Crippen LogP contribution in [0.25, 0.3) is 10.2 Å². The fraction of sp³-hybridized carbons (Fsp3) is 0.400. The molecule has 2 aromatic heterocycles. The average molecular weight is 364 g/mol. The number of aromatic nitrogens is 2. The molecule has 0 saturated carbocycles. The third kappa shape index (κ3) is 3.05. The monoisotopic (exact) mass is 364 g/mol. The van der Waals surface area contributed by atoms with E-state index in [0.717, 1.165) is 23.6 Å². The second-order valence-electron chi connectivity index (χ2n) is 5.31. The van der Waals surface area contributed by atoms with Crippen molar-refractivity contribution >= 4 is 38.4 Å². The van der Waals surface area contributed by atoms with Crippen LogP contribution in [0.15, 0.2) is 18.2 Å². The van der Waals surface area contributed by atoms with Crippen molar-refractivity contribution in [1.82, 2.24) is 9.97 Å². The quantitative estimate of drug-likeness (QED) is 0.868. The van der Waals surface area contributed by atoms with E-state index in [2.05, 4.69) is 20.2 Å². The van der Waals surface area contributed by atoms with Gasteiger partial charge in [-0.05, 0) is 0 Å². The summed E-state index contributed by atoms with van der Waals surface area (Å²) in [5, 5.41) is 3.17. The van der Waals surface area contributed by atoms with Gasteiger partial charge in [0.2, 0.25) is 12.6 Å². The van der Waals surface area contributed by atoms with E-state index in [1.807, 2.05) is 0 Å². The Labute approximate surface area is 147 Å². The summed E-state index contributed by atoms with van der Waals surface area (Å²) in [6.07, 6.45) is 2.93. The van der Waals surface area contributed by atoms with Gasteiger partial charge in [0.15, 0.2) is 10.9 Å². The minimum Gasteiger partial charge on any atom is -0.493 e. The molecule has 0 aliphatic carbocycles. The van der Waals surface area contributed by atoms with Crippen LogP contribution < -0.4 is 15.0 Å². The Morgan fingerprint density at radius 1 is 1.40 bits per heavy atom. The molecule has 10 heteroatoms. The number of pyridine rings is 1. The van der Waals surface area contributed by atoms with Crippen molar-refractivity contribution in [2.75, 3.05) is 50.4 Å². The first kappa shape index (κ1) is 15.9. The van der Waals surface area contributed by atoms with Gasteiger partial charge in [-0.25, -0.2) is 9.97 Å². The summed E-state index contributed by atoms with van der Waals surface area (Å²) in [5.74, 6) is 1.09. The van der Waals surface area contributed by atoms with Crippen molar-refractivity contribution < 1.29 is 23.7 Å². The Morgan fingerprint density at radius 3 is 2.96 bits per heavy atom. The third-order valence-corrected chi connectivity index (χ3v) is 4.78. The maximum Gasteiger partial charge on any atom is 0.295 e. The molecule has 0 unspecified atom stereocenters. The highest BCUT2D eigenvalue weighted by molar-refractivity contribution is 7.23. The zero-order chi connectivity index (χ0) is 17.2. The number of nitrogens with zero attached hydrogens (tertiary/aromatic N) is 3. The van der Waals surface area contributed by atoms with E-state index in [0.29, 0.717) is 29.6 Å². The number of nitrogens with one attached hydrogen (secondary N) is 1. The molecule has 0 radical (unpaired) electrons. The SMILES string of the molecule is COc1cnc(N2CCOCC2)c2sc(NC(=O)C3=COCO3)nc12. The number of fused-ring (bicyclic) bond motifs is 1. The number of hydrogen-bond donors (Lipinski definition) is 1. The standard InChI is InChI=1S/C15H16N4O5S/c1-21-9-6-16-13(19-2-4-22-5-3-19)12-11(9)17-15(25-12)18-14(20)10-7-23-8-24-10/h6-7H,2-5,8H2,1H3,(H,17,18,20). The number of methoxy groups -OCH3 is 1. The molecule has 9 nitrogen and oxygen atoms in total. The smallest absolute Gasteiger partial charge is 0.295 e. The zero-order valence-corrected chi connectivity index (χ0v) is 14.3. The highest BCUT2D eigenvalue weighted by Gasteiger charge is 2.23. The lowest BCUT2D eigenvalue weighted by molar-refractivity contribution is -0.116. The number of morpholine rings is 1. The second kappa shape index (κ2) is 6.73. The summed E-state index contributed by atoms with van der Waals surface area (Å²) < 4.78 is 21.6. The second-order valence-corrected chi connectivity index (χ2v) is 6.31. The predicted octanol–water partition coefficient (Wildman–Crippen LogP) is 1.32. The normalized spacial score (nSPS) is 17.0. The van der Waals surface area contributed by atoms with Gasteiger partial charge in [-0.15, -0.1) is 0 Å². The van der Waals surface area contributed by atoms with E-state index >= 15 is 0 Å². The van der Waals surface area contributed by atoms with Gasteiger partial charge in [-0.3, -0.25) is 10.1 Å². The molecule has 25 heavy (non-hydrogen) atoms. The van der Waals surface area contributed by atoms with Crippen molar-refractivity contribution in [3.8, 4) is 5.75 Å². The first-order valence-corrected chi connectivity index (χ1v) is 8.50. The molecule has 4 rings (SSSR count). The van der Waals surface area contributed by atoms with Crippen LogP contribution in [0.5, 0.6) is 5.75 Å². The van der Waals surface area contributed by atoms with Crippen molar-refractivity contribution in [2.45, 2.75) is 0 Å². The third-order valence-electron chi connectivity index (χ3n) is 3.82. The molecule has 1 saturated heterocycles. The van der Waals surface area contributed by atoms with Crippen LogP contribution in [0.3, 0.4) is 0 Å². The van der Waals surface area contributed by atoms with Crippen molar-refractivity contribution in [1.29, 1.82) is 0 Å². The van der Waals surface area contributed by atoms with Crippen LogP contribution in [0.1, 0.15) is 0 Å². The summed E-state index contributed by atoms with van der Waals surface area (Å²) in [5.41, 5.74) is 0.664. The minimum absolute atomic E-state index is 0.0432. The molecule has 2 aliphatic heterocycles. The maximum atomic E-state index is 12.1. The number of thiazole rings is 1. The summed E-state index contributed by atoms with van der Waals surface area (Å²) in [4.78, 5) is 23.3. The summed E-state index contributed by atoms with van der Waals surface area (Å²) >= 11 is 1.34. The van der Waals surface area contributed by atoms with E-state index in [4.69, 9.17) is 18.9 Å². The molecule has 4 heterocycles. The molecule has 0 spiro atoms. The number of amides is 1. The molecule has 0 atom stereocenters. The van der Waals surface area contributed by atoms with Crippen LogP contribution >= 0.6 is 11.3 Å². The van der Waals surface area contributed by atoms with Crippen molar-refractivity contribution in [2.24, 2.45) is 0 Å². The Morgan fingerprint density at radius 2 is 2.24 bits per heavy atom. The van der Waals surface area contributed by atoms with E-state index in [-0.39, 0.29) is 12.6 Å². The van der Waals surface area contributed by atoms with Crippen LogP contribution in [-0.4, -0.2) is 56.1 Å². The van der Waals surface area contributed by atoms with Gasteiger partial charge in [-0.1, -0.05) is 11.3 Å². The summed E-state index contributed by atoms with van der Waals surface area (Å²) in [6, 6.07) is 0. The van der Waals surface area contributed by atoms with Crippen LogP contribution in [0, 0.1) is 0 Å². The van der Waals surface area contributed by atoms with Crippen LogP contribution in [-0.2, 0) is 19.0 Å². The Balaban J connectivity index is 1.68. The summed E-state index contributed by atoms with van der Waals surface area (Å²) in [7, 11) is 1.57. The number of anilines is 2. The zero-order valence-electron chi connectivity index (χ0n) is 13.5. The van der Waals surface area contributed by atoms with Gasteiger partial charge in [0.05, 0.1) is 26.5 Å². The number of rotatable bonds is 4. The highest BCUT2D eigenvalue weighted by Crippen LogP contribution is 2.38. The van der Waals surface area contributed by atoms with E-state index in [1.165, 1.54) is 17.6 Å². The lowest BCUT2D eigenvalue weighted by atomic mass is 10.3. The average Bonchev–Trinajstić information content (AvgIpc) is 3.31. The fourth-order valence-electron chi connectivity index (χ4n) is 2.60. The Bertz CT molecular complexity index is 831. The molecule has 0 bridgehead atoms. The molecular formula is C15H16N4O5S. The van der Waals surface area contributed by atoms with Gasteiger partial charge >= 0.3 is 0 Å². The van der Waals surface area contributed by atoms with E-state index in [9.17, 15) is 4.79 Å². The lowest BCUT2D eigenvalue weighted by Gasteiger charge is -2.28. The first-order chi connectivity index (χ1) is 12.3. The van der Waals surface area contributed by atoms with E-state index < -0.39 is 5.91 Å². The van der Waals surface area contributed by atoms with Gasteiger partial charge < -0.3 is 23.8 Å². The fourth-order valence-corrected chi connectivity index (χ4v) is 3.59. The van der Waals surface area contributed by atoms with Gasteiger partial charge in [0.25, 0.3) is 5.91 Å². The maximum absolute atomic E-state index is 12.1. The highest BCUT2D eigenvalue weighted by atomic mass is 32.1. The van der Waals surface area contributed by atoms with Gasteiger partial charge in [0.1, 0.15) is 22.3 Å². The van der Waals surface area contributed by atoms with Gasteiger partial charge in [0, 0.05) is 13.1 Å². The van der Waals surface area contributed by atoms with Crippen LogP contribution in [0.4, 0.5) is 10.9 Å². The molecule has 2 aromatic rings. The minimum atomic E-state index is -0.406. The molecule has 0 aromatic carbocycles. The van der Waals surface area contributed by atoms with Crippen molar-refractivity contribution in [3.05, 3.63) is 18.2 Å². The molecule has 1 N–H and O–H groups in total. The lowest BCUT2D eigenvalue weighted by Crippen LogP contribution is -2.36. The number of hydrogen-bond acceptors (Lipinski definition) is 9. The molecule has 132 valence electrons. The topological polar surface area (TPSA) is 95.0 Å². The van der Waals surface area contributed by atoms with Gasteiger partial charge in [-0.2, -0.15) is 0 Å². The molecule has 1 fully saturated rings. The van der Waals surface area contributed by atoms with Crippen molar-refractivity contribution in [3.63, 3.8) is 0 Å².